The van der Waals surface area contributed by atoms with Gasteiger partial charge in [0, 0.05) is 5.69 Å². The van der Waals surface area contributed by atoms with Crippen LogP contribution in [0, 0.1) is 0 Å². The fraction of sp³-hybridized carbons (Fsp3) is 0.235. The van der Waals surface area contributed by atoms with E-state index in [9.17, 15) is 4.79 Å². The third-order valence-electron chi connectivity index (χ3n) is 3.16. The van der Waals surface area contributed by atoms with Crippen molar-refractivity contribution in [3.05, 3.63) is 65.2 Å². The van der Waals surface area contributed by atoms with E-state index in [1.165, 1.54) is 5.56 Å². The normalized spacial score (nSPS) is 10.3. The maximum absolute atomic E-state index is 12.0. The van der Waals surface area contributed by atoms with Crippen molar-refractivity contribution in [1.82, 2.24) is 0 Å². The summed E-state index contributed by atoms with van der Waals surface area (Å²) < 4.78 is 0. The van der Waals surface area contributed by atoms with Gasteiger partial charge in [-0.2, -0.15) is 0 Å². The number of nitrogens with one attached hydrogen (secondary N) is 1. The van der Waals surface area contributed by atoms with E-state index in [0.29, 0.717) is 12.1 Å². The van der Waals surface area contributed by atoms with Crippen LogP contribution in [0.15, 0.2) is 48.5 Å². The number of carbonyl (C=O) groups excluding carboxylic acids is 1. The van der Waals surface area contributed by atoms with E-state index in [2.05, 4.69) is 24.4 Å². The molecule has 0 aliphatic rings. The molecule has 3 heteroatoms. The van der Waals surface area contributed by atoms with Crippen LogP contribution in [-0.4, -0.2) is 11.0 Å². The van der Waals surface area contributed by atoms with Gasteiger partial charge in [0.2, 0.25) is 5.91 Å². The van der Waals surface area contributed by atoms with Gasteiger partial charge in [-0.25, -0.2) is 0 Å². The van der Waals surface area contributed by atoms with Gasteiger partial charge in [0.25, 0.3) is 0 Å². The molecule has 2 aromatic rings. The van der Waals surface area contributed by atoms with E-state index in [0.717, 1.165) is 17.5 Å². The number of rotatable bonds is 5. The summed E-state index contributed by atoms with van der Waals surface area (Å²) in [5, 5.41) is 11.9. The Morgan fingerprint density at radius 3 is 2.50 bits per heavy atom. The first kappa shape index (κ1) is 14.3. The van der Waals surface area contributed by atoms with Crippen LogP contribution in [-0.2, 0) is 24.2 Å². The van der Waals surface area contributed by atoms with Crippen LogP contribution in [0.1, 0.15) is 23.6 Å². The Morgan fingerprint density at radius 1 is 1.05 bits per heavy atom. The highest BCUT2D eigenvalue weighted by atomic mass is 16.3. The van der Waals surface area contributed by atoms with Crippen LogP contribution in [0.5, 0.6) is 0 Å². The molecule has 1 amide bonds. The van der Waals surface area contributed by atoms with Crippen molar-refractivity contribution >= 4 is 11.6 Å². The van der Waals surface area contributed by atoms with Crippen molar-refractivity contribution in [2.45, 2.75) is 26.4 Å². The zero-order chi connectivity index (χ0) is 14.4. The average Bonchev–Trinajstić information content (AvgIpc) is 2.47. The molecule has 0 aliphatic carbocycles. The van der Waals surface area contributed by atoms with E-state index >= 15 is 0 Å². The van der Waals surface area contributed by atoms with Crippen LogP contribution < -0.4 is 5.32 Å². The van der Waals surface area contributed by atoms with Gasteiger partial charge >= 0.3 is 0 Å². The van der Waals surface area contributed by atoms with Gasteiger partial charge < -0.3 is 10.4 Å². The van der Waals surface area contributed by atoms with Crippen LogP contribution in [0.4, 0.5) is 5.69 Å². The largest absolute Gasteiger partial charge is 0.392 e. The molecular formula is C17H19NO2. The van der Waals surface area contributed by atoms with Crippen LogP contribution in [0.2, 0.25) is 0 Å². The molecular weight excluding hydrogens is 250 g/mol. The zero-order valence-electron chi connectivity index (χ0n) is 11.6. The monoisotopic (exact) mass is 269 g/mol. The Kier molecular flexibility index (Phi) is 4.91. The van der Waals surface area contributed by atoms with E-state index in [1.807, 2.05) is 30.3 Å². The summed E-state index contributed by atoms with van der Waals surface area (Å²) in [6.07, 6.45) is 1.32. The Hall–Kier alpha value is -2.13. The first-order valence-electron chi connectivity index (χ1n) is 6.78. The molecule has 0 aromatic heterocycles. The molecule has 0 bridgehead atoms. The van der Waals surface area contributed by atoms with E-state index in [1.54, 1.807) is 6.07 Å². The van der Waals surface area contributed by atoms with Crippen molar-refractivity contribution in [2.24, 2.45) is 0 Å². The zero-order valence-corrected chi connectivity index (χ0v) is 11.6. The molecule has 2 N–H and O–H groups in total. The molecule has 0 heterocycles. The Bertz CT molecular complexity index is 542. The summed E-state index contributed by atoms with van der Waals surface area (Å²) >= 11 is 0. The minimum atomic E-state index is -0.0478. The average molecular weight is 269 g/mol. The molecule has 104 valence electrons. The van der Waals surface area contributed by atoms with Gasteiger partial charge in [-0.1, -0.05) is 43.3 Å². The molecule has 0 atom stereocenters. The third kappa shape index (κ3) is 3.93. The van der Waals surface area contributed by atoms with E-state index in [-0.39, 0.29) is 12.5 Å². The number of carbonyl (C=O) groups is 1. The summed E-state index contributed by atoms with van der Waals surface area (Å²) in [5.41, 5.74) is 3.75. The second-order valence-corrected chi connectivity index (χ2v) is 4.76. The molecule has 2 rings (SSSR count). The maximum atomic E-state index is 12.0. The predicted molar refractivity (Wildman–Crippen MR) is 80.5 cm³/mol. The lowest BCUT2D eigenvalue weighted by Gasteiger charge is -2.07. The fourth-order valence-electron chi connectivity index (χ4n) is 2.10. The SMILES string of the molecule is CCc1cccc(CC(=O)Nc2cccc(CO)c2)c1. The highest BCUT2D eigenvalue weighted by Crippen LogP contribution is 2.12. The minimum Gasteiger partial charge on any atom is -0.392 e. The van der Waals surface area contributed by atoms with E-state index < -0.39 is 0 Å². The van der Waals surface area contributed by atoms with Gasteiger partial charge in [-0.05, 0) is 35.2 Å². The third-order valence-corrected chi connectivity index (χ3v) is 3.16. The van der Waals surface area contributed by atoms with Crippen LogP contribution in [0.25, 0.3) is 0 Å². The summed E-state index contributed by atoms with van der Waals surface area (Å²) in [6, 6.07) is 15.3. The van der Waals surface area contributed by atoms with Crippen LogP contribution >= 0.6 is 0 Å². The summed E-state index contributed by atoms with van der Waals surface area (Å²) in [5.74, 6) is -0.0478. The number of benzene rings is 2. The lowest BCUT2D eigenvalue weighted by Crippen LogP contribution is -2.14. The molecule has 0 saturated carbocycles. The predicted octanol–water partition coefficient (Wildman–Crippen LogP) is 2.92. The van der Waals surface area contributed by atoms with E-state index in [4.69, 9.17) is 5.11 Å². The van der Waals surface area contributed by atoms with Crippen molar-refractivity contribution in [3.8, 4) is 0 Å². The van der Waals surface area contributed by atoms with Gasteiger partial charge in [0.1, 0.15) is 0 Å². The maximum Gasteiger partial charge on any atom is 0.228 e. The van der Waals surface area contributed by atoms with Gasteiger partial charge in [-0.15, -0.1) is 0 Å². The molecule has 0 saturated heterocycles. The molecule has 0 aliphatic heterocycles. The minimum absolute atomic E-state index is 0.0255. The standard InChI is InChI=1S/C17H19NO2/c1-2-13-5-3-6-14(9-13)11-17(20)18-16-8-4-7-15(10-16)12-19/h3-10,19H,2,11-12H2,1H3,(H,18,20). The molecule has 0 fully saturated rings. The number of hydrogen-bond donors (Lipinski definition) is 2. The number of aryl methyl sites for hydroxylation is 1. The number of hydrogen-bond acceptors (Lipinski definition) is 2. The van der Waals surface area contributed by atoms with Crippen molar-refractivity contribution in [1.29, 1.82) is 0 Å². The van der Waals surface area contributed by atoms with Crippen molar-refractivity contribution < 1.29 is 9.90 Å². The first-order chi connectivity index (χ1) is 9.71. The number of anilines is 1. The summed E-state index contributed by atoms with van der Waals surface area (Å²) in [6.45, 7) is 2.07. The Morgan fingerprint density at radius 2 is 1.75 bits per heavy atom. The molecule has 2 aromatic carbocycles. The first-order valence-corrected chi connectivity index (χ1v) is 6.78. The van der Waals surface area contributed by atoms with Gasteiger partial charge in [0.15, 0.2) is 0 Å². The van der Waals surface area contributed by atoms with Crippen molar-refractivity contribution in [2.75, 3.05) is 5.32 Å². The molecule has 0 spiro atoms. The second kappa shape index (κ2) is 6.87. The summed E-state index contributed by atoms with van der Waals surface area (Å²) in [7, 11) is 0. The topological polar surface area (TPSA) is 49.3 Å². The summed E-state index contributed by atoms with van der Waals surface area (Å²) in [4.78, 5) is 12.0. The highest BCUT2D eigenvalue weighted by Gasteiger charge is 2.05. The smallest absolute Gasteiger partial charge is 0.228 e. The number of amides is 1. The lowest BCUT2D eigenvalue weighted by atomic mass is 10.1. The fourth-order valence-corrected chi connectivity index (χ4v) is 2.10. The Balaban J connectivity index is 2.01. The number of aliphatic hydroxyl groups excluding tert-OH is 1. The lowest BCUT2D eigenvalue weighted by molar-refractivity contribution is -0.115. The molecule has 0 unspecified atom stereocenters. The molecule has 0 radical (unpaired) electrons. The molecule has 20 heavy (non-hydrogen) atoms. The highest BCUT2D eigenvalue weighted by molar-refractivity contribution is 5.92. The van der Waals surface area contributed by atoms with Crippen LogP contribution in [0.3, 0.4) is 0 Å². The van der Waals surface area contributed by atoms with Gasteiger partial charge in [-0.3, -0.25) is 4.79 Å². The molecule has 3 nitrogen and oxygen atoms in total. The Labute approximate surface area is 119 Å². The quantitative estimate of drug-likeness (QED) is 0.876. The van der Waals surface area contributed by atoms with Gasteiger partial charge in [0.05, 0.1) is 13.0 Å². The number of aliphatic hydroxyl groups is 1. The van der Waals surface area contributed by atoms with Crippen molar-refractivity contribution in [3.63, 3.8) is 0 Å². The second-order valence-electron chi connectivity index (χ2n) is 4.76.